The molecule has 154 valence electrons. The lowest BCUT2D eigenvalue weighted by molar-refractivity contribution is -0.121. The first-order valence-electron chi connectivity index (χ1n) is 10.4. The van der Waals surface area contributed by atoms with Gasteiger partial charge in [0.2, 0.25) is 5.91 Å². The number of fused-ring (bicyclic) bond motifs is 2. The standard InChI is InChI=1S/C23H29N3O3/c1-15-8-10-25-26(15)11-9-23(27)24-14-20-17-7-5-4-6-16(17)18-12-21(28-2)22(29-3)13-19(18)20/h8,10,12-13,20H,4-7,9,11,14H2,1-3H3,(H,24,27). The van der Waals surface area contributed by atoms with Crippen LogP contribution in [0.4, 0.5) is 0 Å². The highest BCUT2D eigenvalue weighted by Crippen LogP contribution is 2.51. The number of rotatable bonds is 7. The third kappa shape index (κ3) is 3.76. The van der Waals surface area contributed by atoms with Crippen molar-refractivity contribution in [2.45, 2.75) is 51.5 Å². The Morgan fingerprint density at radius 1 is 1.21 bits per heavy atom. The summed E-state index contributed by atoms with van der Waals surface area (Å²) in [6.07, 6.45) is 6.82. The summed E-state index contributed by atoms with van der Waals surface area (Å²) in [5.41, 5.74) is 6.51. The summed E-state index contributed by atoms with van der Waals surface area (Å²) in [6, 6.07) is 6.15. The minimum absolute atomic E-state index is 0.0618. The fraction of sp³-hybridized carbons (Fsp3) is 0.478. The number of nitrogens with one attached hydrogen (secondary N) is 1. The van der Waals surface area contributed by atoms with Crippen LogP contribution in [0.1, 0.15) is 54.8 Å². The van der Waals surface area contributed by atoms with Gasteiger partial charge in [-0.25, -0.2) is 0 Å². The van der Waals surface area contributed by atoms with Crippen LogP contribution < -0.4 is 14.8 Å². The lowest BCUT2D eigenvalue weighted by Gasteiger charge is -2.21. The molecule has 2 aromatic rings. The Balaban J connectivity index is 1.50. The van der Waals surface area contributed by atoms with Gasteiger partial charge < -0.3 is 14.8 Å². The molecule has 0 radical (unpaired) electrons. The van der Waals surface area contributed by atoms with Gasteiger partial charge in [-0.3, -0.25) is 9.48 Å². The molecule has 0 fully saturated rings. The van der Waals surface area contributed by atoms with Gasteiger partial charge in [0.1, 0.15) is 0 Å². The van der Waals surface area contributed by atoms with Gasteiger partial charge in [-0.1, -0.05) is 5.57 Å². The van der Waals surface area contributed by atoms with Gasteiger partial charge in [-0.2, -0.15) is 5.10 Å². The molecular formula is C23H29N3O3. The van der Waals surface area contributed by atoms with Crippen molar-refractivity contribution in [3.05, 3.63) is 46.8 Å². The number of carbonyl (C=O) groups is 1. The Labute approximate surface area is 171 Å². The van der Waals surface area contributed by atoms with Crippen LogP contribution in [-0.4, -0.2) is 36.5 Å². The molecule has 0 saturated carbocycles. The lowest BCUT2D eigenvalue weighted by atomic mass is 9.87. The number of carbonyl (C=O) groups excluding carboxylic acids is 1. The van der Waals surface area contributed by atoms with Gasteiger partial charge in [-0.05, 0) is 67.5 Å². The van der Waals surface area contributed by atoms with Crippen molar-refractivity contribution >= 4 is 11.5 Å². The van der Waals surface area contributed by atoms with Crippen molar-refractivity contribution in [1.82, 2.24) is 15.1 Å². The number of hydrogen-bond donors (Lipinski definition) is 1. The van der Waals surface area contributed by atoms with Crippen LogP contribution in [0.5, 0.6) is 11.5 Å². The summed E-state index contributed by atoms with van der Waals surface area (Å²) < 4.78 is 12.9. The number of benzene rings is 1. The van der Waals surface area contributed by atoms with Crippen LogP contribution in [0.3, 0.4) is 0 Å². The van der Waals surface area contributed by atoms with E-state index < -0.39 is 0 Å². The van der Waals surface area contributed by atoms with Crippen molar-refractivity contribution in [3.8, 4) is 11.5 Å². The van der Waals surface area contributed by atoms with Crippen LogP contribution in [-0.2, 0) is 11.3 Å². The van der Waals surface area contributed by atoms with Crippen molar-refractivity contribution in [1.29, 1.82) is 0 Å². The third-order valence-electron chi connectivity index (χ3n) is 6.17. The summed E-state index contributed by atoms with van der Waals surface area (Å²) >= 11 is 0. The van der Waals surface area contributed by atoms with Crippen LogP contribution >= 0.6 is 0 Å². The number of aromatic nitrogens is 2. The highest BCUT2D eigenvalue weighted by Gasteiger charge is 2.34. The summed E-state index contributed by atoms with van der Waals surface area (Å²) in [4.78, 5) is 12.5. The smallest absolute Gasteiger partial charge is 0.221 e. The quantitative estimate of drug-likeness (QED) is 0.774. The molecule has 1 unspecified atom stereocenters. The monoisotopic (exact) mass is 395 g/mol. The molecule has 2 aliphatic carbocycles. The van der Waals surface area contributed by atoms with Gasteiger partial charge in [0.25, 0.3) is 0 Å². The number of aryl methyl sites for hydroxylation is 2. The zero-order chi connectivity index (χ0) is 20.4. The second kappa shape index (κ2) is 8.31. The van der Waals surface area contributed by atoms with E-state index in [1.165, 1.54) is 35.1 Å². The summed E-state index contributed by atoms with van der Waals surface area (Å²) in [5, 5.41) is 7.41. The molecule has 6 nitrogen and oxygen atoms in total. The van der Waals surface area contributed by atoms with Crippen LogP contribution in [0.15, 0.2) is 30.0 Å². The van der Waals surface area contributed by atoms with E-state index in [9.17, 15) is 4.79 Å². The maximum absolute atomic E-state index is 12.5. The minimum atomic E-state index is 0.0618. The van der Waals surface area contributed by atoms with E-state index >= 15 is 0 Å². The molecule has 1 heterocycles. The largest absolute Gasteiger partial charge is 0.493 e. The lowest BCUT2D eigenvalue weighted by Crippen LogP contribution is -2.29. The first-order valence-corrected chi connectivity index (χ1v) is 10.4. The van der Waals surface area contributed by atoms with Crippen molar-refractivity contribution in [2.24, 2.45) is 0 Å². The molecule has 1 aromatic heterocycles. The first kappa shape index (κ1) is 19.6. The van der Waals surface area contributed by atoms with Gasteiger partial charge in [0, 0.05) is 37.3 Å². The average Bonchev–Trinajstić information content (AvgIpc) is 3.29. The number of ether oxygens (including phenoxy) is 2. The molecule has 1 aromatic carbocycles. The Morgan fingerprint density at radius 2 is 1.97 bits per heavy atom. The maximum atomic E-state index is 12.5. The molecule has 1 atom stereocenters. The summed E-state index contributed by atoms with van der Waals surface area (Å²) in [7, 11) is 3.34. The fourth-order valence-electron chi connectivity index (χ4n) is 4.63. The molecule has 0 saturated heterocycles. The number of allylic oxidation sites excluding steroid dienone is 1. The van der Waals surface area contributed by atoms with Crippen LogP contribution in [0, 0.1) is 6.92 Å². The maximum Gasteiger partial charge on any atom is 0.221 e. The Morgan fingerprint density at radius 3 is 2.69 bits per heavy atom. The van der Waals surface area contributed by atoms with Crippen molar-refractivity contribution < 1.29 is 14.3 Å². The van der Waals surface area contributed by atoms with E-state index in [-0.39, 0.29) is 11.8 Å². The highest BCUT2D eigenvalue weighted by molar-refractivity contribution is 5.82. The van der Waals surface area contributed by atoms with E-state index in [1.54, 1.807) is 20.4 Å². The van der Waals surface area contributed by atoms with E-state index in [0.29, 0.717) is 19.5 Å². The third-order valence-corrected chi connectivity index (χ3v) is 6.17. The second-order valence-electron chi connectivity index (χ2n) is 7.81. The average molecular weight is 396 g/mol. The predicted octanol–water partition coefficient (Wildman–Crippen LogP) is 3.84. The summed E-state index contributed by atoms with van der Waals surface area (Å²) in [6.45, 7) is 3.22. The molecule has 1 N–H and O–H groups in total. The summed E-state index contributed by atoms with van der Waals surface area (Å²) in [5.74, 6) is 1.79. The molecule has 6 heteroatoms. The number of amides is 1. The molecule has 2 aliphatic rings. The van der Waals surface area contributed by atoms with Crippen molar-refractivity contribution in [3.63, 3.8) is 0 Å². The molecule has 29 heavy (non-hydrogen) atoms. The van der Waals surface area contributed by atoms with Gasteiger partial charge in [0.15, 0.2) is 11.5 Å². The van der Waals surface area contributed by atoms with E-state index in [0.717, 1.165) is 30.0 Å². The zero-order valence-corrected chi connectivity index (χ0v) is 17.5. The molecule has 4 rings (SSSR count). The number of methoxy groups -OCH3 is 2. The molecule has 0 aliphatic heterocycles. The topological polar surface area (TPSA) is 65.4 Å². The normalized spacial score (nSPS) is 17.7. The van der Waals surface area contributed by atoms with E-state index in [2.05, 4.69) is 22.5 Å². The van der Waals surface area contributed by atoms with Gasteiger partial charge in [-0.15, -0.1) is 0 Å². The Kier molecular flexibility index (Phi) is 5.60. The van der Waals surface area contributed by atoms with E-state index in [4.69, 9.17) is 9.47 Å². The van der Waals surface area contributed by atoms with E-state index in [1.807, 2.05) is 17.7 Å². The predicted molar refractivity (Wildman–Crippen MR) is 112 cm³/mol. The molecule has 1 amide bonds. The first-order chi connectivity index (χ1) is 14.1. The second-order valence-corrected chi connectivity index (χ2v) is 7.81. The number of nitrogens with zero attached hydrogens (tertiary/aromatic N) is 2. The fourth-order valence-corrected chi connectivity index (χ4v) is 4.63. The minimum Gasteiger partial charge on any atom is -0.493 e. The zero-order valence-electron chi connectivity index (χ0n) is 17.5. The van der Waals surface area contributed by atoms with Crippen LogP contribution in [0.2, 0.25) is 0 Å². The SMILES string of the molecule is COc1cc2c(cc1OC)C(CNC(=O)CCn1nccc1C)C1=C2CCCC1. The Bertz CT molecular complexity index is 945. The molecule has 0 bridgehead atoms. The van der Waals surface area contributed by atoms with Gasteiger partial charge >= 0.3 is 0 Å². The van der Waals surface area contributed by atoms with Crippen molar-refractivity contribution in [2.75, 3.05) is 20.8 Å². The van der Waals surface area contributed by atoms with Crippen LogP contribution in [0.25, 0.3) is 5.57 Å². The highest BCUT2D eigenvalue weighted by atomic mass is 16.5. The number of hydrogen-bond acceptors (Lipinski definition) is 4. The Hall–Kier alpha value is -2.76. The molecular weight excluding hydrogens is 366 g/mol. The molecule has 0 spiro atoms. The van der Waals surface area contributed by atoms with Gasteiger partial charge in [0.05, 0.1) is 14.2 Å².